The van der Waals surface area contributed by atoms with Crippen LogP contribution in [0.4, 0.5) is 10.1 Å². The normalized spacial score (nSPS) is 11.7. The summed E-state index contributed by atoms with van der Waals surface area (Å²) in [6.45, 7) is 1.82. The van der Waals surface area contributed by atoms with E-state index < -0.39 is 17.8 Å². The van der Waals surface area contributed by atoms with Crippen LogP contribution in [-0.2, 0) is 4.79 Å². The third-order valence-electron chi connectivity index (χ3n) is 3.17. The lowest BCUT2D eigenvalue weighted by Crippen LogP contribution is -2.32. The molecular weight excluding hydrogens is 365 g/mol. The lowest BCUT2D eigenvalue weighted by atomic mass is 10.2. The van der Waals surface area contributed by atoms with Gasteiger partial charge in [0.1, 0.15) is 17.3 Å². The average Bonchev–Trinajstić information content (AvgIpc) is 2.55. The summed E-state index contributed by atoms with van der Waals surface area (Å²) in [6.07, 6.45) is -0.286. The summed E-state index contributed by atoms with van der Waals surface area (Å²) < 4.78 is 25.2. The number of anilines is 1. The molecule has 2 aromatic rings. The van der Waals surface area contributed by atoms with Crippen molar-refractivity contribution in [3.8, 4) is 11.5 Å². The van der Waals surface area contributed by atoms with Crippen molar-refractivity contribution in [3.05, 3.63) is 52.8 Å². The first kappa shape index (κ1) is 17.3. The van der Waals surface area contributed by atoms with Crippen molar-refractivity contribution < 1.29 is 18.7 Å². The van der Waals surface area contributed by atoms with Crippen LogP contribution in [-0.4, -0.2) is 19.1 Å². The summed E-state index contributed by atoms with van der Waals surface area (Å²) >= 11 is 3.17. The fourth-order valence-electron chi connectivity index (χ4n) is 1.97. The van der Waals surface area contributed by atoms with E-state index in [9.17, 15) is 9.18 Å². The van der Waals surface area contributed by atoms with E-state index in [-0.39, 0.29) is 5.69 Å². The first-order chi connectivity index (χ1) is 11.0. The lowest BCUT2D eigenvalue weighted by Gasteiger charge is -2.18. The minimum atomic E-state index is -0.731. The SMILES string of the molecule is CCC(Oc1cccc(OC)c1)C(=O)Nc1ccc(Br)cc1F. The number of nitrogens with one attached hydrogen (secondary N) is 1. The molecule has 6 heteroatoms. The van der Waals surface area contributed by atoms with Gasteiger partial charge >= 0.3 is 0 Å². The monoisotopic (exact) mass is 381 g/mol. The van der Waals surface area contributed by atoms with Gasteiger partial charge in [-0.15, -0.1) is 0 Å². The van der Waals surface area contributed by atoms with Crippen molar-refractivity contribution in [2.45, 2.75) is 19.4 Å². The van der Waals surface area contributed by atoms with Crippen LogP contribution >= 0.6 is 15.9 Å². The van der Waals surface area contributed by atoms with Gasteiger partial charge in [-0.3, -0.25) is 4.79 Å². The van der Waals surface area contributed by atoms with Crippen LogP contribution in [0.2, 0.25) is 0 Å². The lowest BCUT2D eigenvalue weighted by molar-refractivity contribution is -0.122. The number of rotatable bonds is 6. The zero-order valence-electron chi connectivity index (χ0n) is 12.8. The standard InChI is InChI=1S/C17H17BrFNO3/c1-3-16(23-13-6-4-5-12(10-13)22-2)17(21)20-15-8-7-11(18)9-14(15)19/h4-10,16H,3H2,1-2H3,(H,20,21). The highest BCUT2D eigenvalue weighted by Gasteiger charge is 2.20. The Kier molecular flexibility index (Phi) is 5.98. The largest absolute Gasteiger partial charge is 0.497 e. The van der Waals surface area contributed by atoms with E-state index in [1.54, 1.807) is 37.4 Å². The number of ether oxygens (including phenoxy) is 2. The molecule has 0 radical (unpaired) electrons. The van der Waals surface area contributed by atoms with Gasteiger partial charge in [0.05, 0.1) is 12.8 Å². The molecule has 0 saturated heterocycles. The van der Waals surface area contributed by atoms with E-state index >= 15 is 0 Å². The van der Waals surface area contributed by atoms with E-state index in [0.717, 1.165) is 0 Å². The third kappa shape index (κ3) is 4.69. The molecule has 0 bridgehead atoms. The van der Waals surface area contributed by atoms with Gasteiger partial charge in [-0.25, -0.2) is 4.39 Å². The van der Waals surface area contributed by atoms with Crippen molar-refractivity contribution in [3.63, 3.8) is 0 Å². The molecule has 4 nitrogen and oxygen atoms in total. The smallest absolute Gasteiger partial charge is 0.265 e. The van der Waals surface area contributed by atoms with Gasteiger partial charge in [0.2, 0.25) is 0 Å². The van der Waals surface area contributed by atoms with Crippen molar-refractivity contribution in [1.29, 1.82) is 0 Å². The van der Waals surface area contributed by atoms with Crippen LogP contribution in [0.15, 0.2) is 46.9 Å². The predicted molar refractivity (Wildman–Crippen MR) is 90.4 cm³/mol. The van der Waals surface area contributed by atoms with Crippen LogP contribution < -0.4 is 14.8 Å². The van der Waals surface area contributed by atoms with Crippen LogP contribution in [0.25, 0.3) is 0 Å². The van der Waals surface area contributed by atoms with Gasteiger partial charge in [-0.05, 0) is 36.8 Å². The maximum Gasteiger partial charge on any atom is 0.265 e. The van der Waals surface area contributed by atoms with E-state index in [4.69, 9.17) is 9.47 Å². The highest BCUT2D eigenvalue weighted by Crippen LogP contribution is 2.22. The van der Waals surface area contributed by atoms with Gasteiger partial charge in [0, 0.05) is 10.5 Å². The minimum Gasteiger partial charge on any atom is -0.497 e. The zero-order valence-corrected chi connectivity index (χ0v) is 14.4. The van der Waals surface area contributed by atoms with Crippen LogP contribution in [0.3, 0.4) is 0 Å². The van der Waals surface area contributed by atoms with Crippen LogP contribution in [0, 0.1) is 5.82 Å². The predicted octanol–water partition coefficient (Wildman–Crippen LogP) is 4.39. The van der Waals surface area contributed by atoms with Crippen LogP contribution in [0.1, 0.15) is 13.3 Å². The maximum absolute atomic E-state index is 13.8. The van der Waals surface area contributed by atoms with Crippen molar-refractivity contribution in [1.82, 2.24) is 0 Å². The molecule has 2 rings (SSSR count). The fraction of sp³-hybridized carbons (Fsp3) is 0.235. The molecule has 1 atom stereocenters. The molecule has 1 unspecified atom stereocenters. The van der Waals surface area contributed by atoms with Crippen molar-refractivity contribution in [2.75, 3.05) is 12.4 Å². The second kappa shape index (κ2) is 7.97. The average molecular weight is 382 g/mol. The summed E-state index contributed by atoms with van der Waals surface area (Å²) in [7, 11) is 1.55. The van der Waals surface area contributed by atoms with E-state index in [0.29, 0.717) is 22.4 Å². The first-order valence-corrected chi connectivity index (χ1v) is 7.89. The third-order valence-corrected chi connectivity index (χ3v) is 3.67. The van der Waals surface area contributed by atoms with E-state index in [1.807, 2.05) is 6.92 Å². The summed E-state index contributed by atoms with van der Waals surface area (Å²) in [6, 6.07) is 11.4. The molecule has 0 heterocycles. The van der Waals surface area contributed by atoms with Gasteiger partial charge in [0.25, 0.3) is 5.91 Å². The maximum atomic E-state index is 13.8. The molecule has 2 aromatic carbocycles. The number of carbonyl (C=O) groups is 1. The summed E-state index contributed by atoms with van der Waals surface area (Å²) in [4.78, 5) is 12.3. The second-order valence-corrected chi connectivity index (χ2v) is 5.72. The molecule has 0 saturated carbocycles. The zero-order chi connectivity index (χ0) is 16.8. The van der Waals surface area contributed by atoms with Gasteiger partial charge in [0.15, 0.2) is 6.10 Å². The number of hydrogen-bond acceptors (Lipinski definition) is 3. The quantitative estimate of drug-likeness (QED) is 0.806. The molecule has 0 aliphatic rings. The number of carbonyl (C=O) groups excluding carboxylic acids is 1. The Morgan fingerprint density at radius 3 is 2.65 bits per heavy atom. The van der Waals surface area contributed by atoms with E-state index in [2.05, 4.69) is 21.2 Å². The summed E-state index contributed by atoms with van der Waals surface area (Å²) in [5.74, 6) is 0.236. The Labute approximate surface area is 142 Å². The molecule has 0 spiro atoms. The molecule has 1 N–H and O–H groups in total. The minimum absolute atomic E-state index is 0.117. The Bertz CT molecular complexity index is 693. The number of benzene rings is 2. The van der Waals surface area contributed by atoms with Gasteiger partial charge in [-0.1, -0.05) is 28.9 Å². The summed E-state index contributed by atoms with van der Waals surface area (Å²) in [5, 5.41) is 2.55. The van der Waals surface area contributed by atoms with Crippen molar-refractivity contribution >= 4 is 27.5 Å². The molecular formula is C17H17BrFNO3. The first-order valence-electron chi connectivity index (χ1n) is 7.10. The fourth-order valence-corrected chi connectivity index (χ4v) is 2.30. The Hall–Kier alpha value is -2.08. The molecule has 1 amide bonds. The van der Waals surface area contributed by atoms with Gasteiger partial charge < -0.3 is 14.8 Å². The number of hydrogen-bond donors (Lipinski definition) is 1. The van der Waals surface area contributed by atoms with E-state index in [1.165, 1.54) is 12.1 Å². The number of halogens is 2. The van der Waals surface area contributed by atoms with Gasteiger partial charge in [-0.2, -0.15) is 0 Å². The number of amides is 1. The Morgan fingerprint density at radius 2 is 2.00 bits per heavy atom. The molecule has 0 fully saturated rings. The highest BCUT2D eigenvalue weighted by atomic mass is 79.9. The molecule has 0 aromatic heterocycles. The molecule has 0 aliphatic heterocycles. The molecule has 122 valence electrons. The highest BCUT2D eigenvalue weighted by molar-refractivity contribution is 9.10. The van der Waals surface area contributed by atoms with Crippen molar-refractivity contribution in [2.24, 2.45) is 0 Å². The van der Waals surface area contributed by atoms with Crippen LogP contribution in [0.5, 0.6) is 11.5 Å². The Balaban J connectivity index is 2.08. The number of methoxy groups -OCH3 is 1. The Morgan fingerprint density at radius 1 is 1.26 bits per heavy atom. The summed E-state index contributed by atoms with van der Waals surface area (Å²) in [5.41, 5.74) is 0.117. The molecule has 0 aliphatic carbocycles. The molecule has 23 heavy (non-hydrogen) atoms. The topological polar surface area (TPSA) is 47.6 Å². The second-order valence-electron chi connectivity index (χ2n) is 4.81.